The van der Waals surface area contributed by atoms with Gasteiger partial charge in [-0.25, -0.2) is 4.98 Å². The number of nitrogens with one attached hydrogen (secondary N) is 1. The van der Waals surface area contributed by atoms with E-state index in [9.17, 15) is 0 Å². The Labute approximate surface area is 132 Å². The predicted octanol–water partition coefficient (Wildman–Crippen LogP) is 3.17. The third-order valence-electron chi connectivity index (χ3n) is 3.83. The maximum absolute atomic E-state index is 5.78. The number of aromatic nitrogens is 1. The van der Waals surface area contributed by atoms with Crippen LogP contribution in [-0.4, -0.2) is 37.8 Å². The van der Waals surface area contributed by atoms with Crippen molar-refractivity contribution in [1.82, 2.24) is 10.3 Å². The molecule has 1 aliphatic heterocycles. The fraction of sp³-hybridized carbons (Fsp3) is 0.812. The zero-order chi connectivity index (χ0) is 15.5. The lowest BCUT2D eigenvalue weighted by atomic mass is 9.91. The molecule has 1 N–H and O–H groups in total. The van der Waals surface area contributed by atoms with Crippen LogP contribution in [0.1, 0.15) is 51.1 Å². The van der Waals surface area contributed by atoms with E-state index >= 15 is 0 Å². The highest BCUT2D eigenvalue weighted by atomic mass is 32.1. The number of thiazole rings is 1. The number of ether oxygens (including phenoxy) is 1. The summed E-state index contributed by atoms with van der Waals surface area (Å²) in [7, 11) is 2.00. The van der Waals surface area contributed by atoms with Crippen molar-refractivity contribution < 1.29 is 4.74 Å². The normalized spacial score (nSPS) is 19.2. The molecule has 1 atom stereocenters. The Bertz CT molecular complexity index is 447. The van der Waals surface area contributed by atoms with Crippen molar-refractivity contribution in [3.05, 3.63) is 10.6 Å². The lowest BCUT2D eigenvalue weighted by Crippen LogP contribution is -2.32. The van der Waals surface area contributed by atoms with Crippen LogP contribution in [0.25, 0.3) is 0 Å². The van der Waals surface area contributed by atoms with E-state index in [1.165, 1.54) is 23.4 Å². The molecule has 120 valence electrons. The third kappa shape index (κ3) is 4.18. The highest BCUT2D eigenvalue weighted by molar-refractivity contribution is 7.15. The standard InChI is InChI=1S/C16H29N3OS/c1-6-19(11-12-8-7-9-20-12)15-18-14(16(2,3)4)13(21-15)10-17-5/h12,17H,6-11H2,1-5H3. The van der Waals surface area contributed by atoms with Gasteiger partial charge in [-0.05, 0) is 26.8 Å². The van der Waals surface area contributed by atoms with Gasteiger partial charge in [-0.3, -0.25) is 0 Å². The SMILES string of the molecule is CCN(CC1CCCO1)c1nc(C(C)(C)C)c(CNC)s1. The number of likely N-dealkylation sites (N-methyl/N-ethyl adjacent to an activating group) is 1. The second-order valence-electron chi connectivity index (χ2n) is 6.72. The second kappa shape index (κ2) is 7.07. The molecule has 1 saturated heterocycles. The van der Waals surface area contributed by atoms with Gasteiger partial charge in [0.05, 0.1) is 11.8 Å². The maximum Gasteiger partial charge on any atom is 0.185 e. The molecule has 1 aromatic rings. The molecular weight excluding hydrogens is 282 g/mol. The minimum atomic E-state index is 0.0875. The summed E-state index contributed by atoms with van der Waals surface area (Å²) < 4.78 is 5.78. The third-order valence-corrected chi connectivity index (χ3v) is 4.95. The van der Waals surface area contributed by atoms with Crippen LogP contribution in [0.5, 0.6) is 0 Å². The van der Waals surface area contributed by atoms with E-state index in [1.54, 1.807) is 0 Å². The molecule has 21 heavy (non-hydrogen) atoms. The van der Waals surface area contributed by atoms with Crippen LogP contribution in [0.4, 0.5) is 5.13 Å². The monoisotopic (exact) mass is 311 g/mol. The summed E-state index contributed by atoms with van der Waals surface area (Å²) in [4.78, 5) is 8.68. The van der Waals surface area contributed by atoms with Gasteiger partial charge in [-0.1, -0.05) is 20.8 Å². The van der Waals surface area contributed by atoms with Crippen molar-refractivity contribution in [2.45, 2.75) is 58.6 Å². The highest BCUT2D eigenvalue weighted by Gasteiger charge is 2.26. The van der Waals surface area contributed by atoms with Gasteiger partial charge < -0.3 is 15.0 Å². The van der Waals surface area contributed by atoms with Crippen LogP contribution < -0.4 is 10.2 Å². The smallest absolute Gasteiger partial charge is 0.185 e. The molecule has 0 saturated carbocycles. The summed E-state index contributed by atoms with van der Waals surface area (Å²) >= 11 is 1.82. The van der Waals surface area contributed by atoms with E-state index < -0.39 is 0 Å². The minimum absolute atomic E-state index is 0.0875. The largest absolute Gasteiger partial charge is 0.376 e. The summed E-state index contributed by atoms with van der Waals surface area (Å²) in [6, 6.07) is 0. The van der Waals surface area contributed by atoms with Crippen LogP contribution >= 0.6 is 11.3 Å². The summed E-state index contributed by atoms with van der Waals surface area (Å²) in [6.45, 7) is 12.7. The Hall–Kier alpha value is -0.650. The zero-order valence-corrected chi connectivity index (χ0v) is 14.8. The number of hydrogen-bond acceptors (Lipinski definition) is 5. The van der Waals surface area contributed by atoms with Crippen LogP contribution in [0.3, 0.4) is 0 Å². The molecule has 2 rings (SSSR count). The summed E-state index contributed by atoms with van der Waals surface area (Å²) in [5, 5.41) is 4.41. The lowest BCUT2D eigenvalue weighted by Gasteiger charge is -2.23. The van der Waals surface area contributed by atoms with Gasteiger partial charge in [0.15, 0.2) is 5.13 Å². The van der Waals surface area contributed by atoms with E-state index in [0.29, 0.717) is 6.10 Å². The molecule has 0 amide bonds. The summed E-state index contributed by atoms with van der Waals surface area (Å²) in [5.41, 5.74) is 1.31. The van der Waals surface area contributed by atoms with Gasteiger partial charge in [0.25, 0.3) is 0 Å². The fourth-order valence-corrected chi connectivity index (χ4v) is 4.07. The number of rotatable bonds is 6. The van der Waals surface area contributed by atoms with Gasteiger partial charge in [-0.15, -0.1) is 11.3 Å². The summed E-state index contributed by atoms with van der Waals surface area (Å²) in [6.07, 6.45) is 2.75. The zero-order valence-electron chi connectivity index (χ0n) is 14.0. The Kier molecular flexibility index (Phi) is 5.63. The number of nitrogens with zero attached hydrogens (tertiary/aromatic N) is 2. The van der Waals surface area contributed by atoms with Gasteiger partial charge >= 0.3 is 0 Å². The average molecular weight is 311 g/mol. The summed E-state index contributed by atoms with van der Waals surface area (Å²) in [5.74, 6) is 0. The Morgan fingerprint density at radius 1 is 1.43 bits per heavy atom. The van der Waals surface area contributed by atoms with Crippen LogP contribution in [0.2, 0.25) is 0 Å². The fourth-order valence-electron chi connectivity index (χ4n) is 2.72. The van der Waals surface area contributed by atoms with Crippen molar-refractivity contribution in [2.24, 2.45) is 0 Å². The topological polar surface area (TPSA) is 37.4 Å². The maximum atomic E-state index is 5.78. The first-order valence-electron chi connectivity index (χ1n) is 7.97. The molecular formula is C16H29N3OS. The Balaban J connectivity index is 2.20. The molecule has 5 heteroatoms. The van der Waals surface area contributed by atoms with Crippen molar-refractivity contribution in [3.8, 4) is 0 Å². The van der Waals surface area contributed by atoms with Gasteiger partial charge in [0, 0.05) is 36.5 Å². The number of anilines is 1. The van der Waals surface area contributed by atoms with Crippen LogP contribution in [-0.2, 0) is 16.7 Å². The van der Waals surface area contributed by atoms with Gasteiger partial charge in [-0.2, -0.15) is 0 Å². The molecule has 1 aromatic heterocycles. The predicted molar refractivity (Wildman–Crippen MR) is 90.4 cm³/mol. The van der Waals surface area contributed by atoms with Crippen molar-refractivity contribution >= 4 is 16.5 Å². The molecule has 0 aromatic carbocycles. The Morgan fingerprint density at radius 2 is 2.19 bits per heavy atom. The van der Waals surface area contributed by atoms with E-state index in [2.05, 4.69) is 37.9 Å². The Morgan fingerprint density at radius 3 is 2.71 bits per heavy atom. The van der Waals surface area contributed by atoms with Gasteiger partial charge in [0.2, 0.25) is 0 Å². The molecule has 2 heterocycles. The molecule has 0 aliphatic carbocycles. The quantitative estimate of drug-likeness (QED) is 0.875. The molecule has 1 aliphatic rings. The lowest BCUT2D eigenvalue weighted by molar-refractivity contribution is 0.115. The second-order valence-corrected chi connectivity index (χ2v) is 7.78. The first kappa shape index (κ1) is 16.7. The van der Waals surface area contributed by atoms with E-state index in [4.69, 9.17) is 9.72 Å². The molecule has 0 bridgehead atoms. The molecule has 0 spiro atoms. The van der Waals surface area contributed by atoms with Crippen LogP contribution in [0, 0.1) is 0 Å². The first-order chi connectivity index (χ1) is 9.95. The molecule has 0 radical (unpaired) electrons. The number of hydrogen-bond donors (Lipinski definition) is 1. The van der Waals surface area contributed by atoms with Crippen molar-refractivity contribution in [2.75, 3.05) is 31.6 Å². The molecule has 1 unspecified atom stereocenters. The van der Waals surface area contributed by atoms with E-state index in [1.807, 2.05) is 18.4 Å². The van der Waals surface area contributed by atoms with Gasteiger partial charge in [0.1, 0.15) is 0 Å². The minimum Gasteiger partial charge on any atom is -0.376 e. The van der Waals surface area contributed by atoms with Crippen molar-refractivity contribution in [1.29, 1.82) is 0 Å². The van der Waals surface area contributed by atoms with E-state index in [0.717, 1.165) is 31.4 Å². The van der Waals surface area contributed by atoms with Crippen molar-refractivity contribution in [3.63, 3.8) is 0 Å². The van der Waals surface area contributed by atoms with E-state index in [-0.39, 0.29) is 5.41 Å². The first-order valence-corrected chi connectivity index (χ1v) is 8.78. The molecule has 4 nitrogen and oxygen atoms in total. The van der Waals surface area contributed by atoms with Crippen LogP contribution in [0.15, 0.2) is 0 Å². The highest BCUT2D eigenvalue weighted by Crippen LogP contribution is 2.34. The average Bonchev–Trinajstić information content (AvgIpc) is 3.04. The molecule has 1 fully saturated rings.